The average Bonchev–Trinajstić information content (AvgIpc) is 3.98. The van der Waals surface area contributed by atoms with E-state index in [0.29, 0.717) is 11.4 Å². The Bertz CT molecular complexity index is 3800. The highest BCUT2D eigenvalue weighted by molar-refractivity contribution is 7.00. The van der Waals surface area contributed by atoms with Crippen LogP contribution in [0, 0.1) is 0 Å². The van der Waals surface area contributed by atoms with Crippen LogP contribution in [-0.2, 0) is 10.8 Å². The maximum atomic E-state index is 11.6. The number of benzene rings is 9. The molecule has 5 nitrogen and oxygen atoms in total. The van der Waals surface area contributed by atoms with Gasteiger partial charge in [-0.05, 0) is 99.3 Å². The van der Waals surface area contributed by atoms with Gasteiger partial charge in [0.25, 0.3) is 0 Å². The topological polar surface area (TPSA) is 55.9 Å². The zero-order chi connectivity index (χ0) is 49.9. The number of hydrogen-bond donors (Lipinski definition) is 1. The number of phenols is 1. The van der Waals surface area contributed by atoms with E-state index >= 15 is 0 Å². The van der Waals surface area contributed by atoms with Crippen LogP contribution in [0.1, 0.15) is 52.7 Å². The second-order valence-corrected chi connectivity index (χ2v) is 26.1. The van der Waals surface area contributed by atoms with E-state index < -0.39 is 8.07 Å². The minimum atomic E-state index is -2.36. The molecule has 9 aromatic carbocycles. The van der Waals surface area contributed by atoms with Gasteiger partial charge in [0.2, 0.25) is 0 Å². The molecule has 0 amide bonds. The fourth-order valence-electron chi connectivity index (χ4n) is 10.3. The average molecular weight is 953 g/mol. The molecule has 11 rings (SSSR count). The Hall–Kier alpha value is -8.06. The zero-order valence-electron chi connectivity index (χ0n) is 42.4. The smallest absolute Gasteiger partial charge is 0.149 e. The Balaban J connectivity index is 1.21. The summed E-state index contributed by atoms with van der Waals surface area (Å²) in [5.41, 5.74) is 16.4. The largest absolute Gasteiger partial charge is 0.507 e. The third-order valence-electron chi connectivity index (χ3n) is 14.5. The van der Waals surface area contributed by atoms with E-state index in [2.05, 4.69) is 252 Å². The predicted molar refractivity (Wildman–Crippen MR) is 305 cm³/mol. The van der Waals surface area contributed by atoms with Crippen LogP contribution in [0.2, 0.25) is 13.1 Å². The van der Waals surface area contributed by atoms with Crippen LogP contribution in [0.3, 0.4) is 0 Å². The Morgan fingerprint density at radius 2 is 0.889 bits per heavy atom. The Kier molecular flexibility index (Phi) is 11.6. The van der Waals surface area contributed by atoms with E-state index in [-0.39, 0.29) is 16.6 Å². The number of nitrogens with zero attached hydrogens (tertiary/aromatic N) is 4. The first-order valence-electron chi connectivity index (χ1n) is 25.0. The van der Waals surface area contributed by atoms with Crippen molar-refractivity contribution in [3.63, 3.8) is 0 Å². The molecule has 0 saturated carbocycles. The molecule has 2 heterocycles. The van der Waals surface area contributed by atoms with Gasteiger partial charge < -0.3 is 5.11 Å². The molecule has 0 aliphatic carbocycles. The SMILES string of the molecule is CC(C)(C)c1ccc(-n2c(-c3cc(-c4cccc5c4nc(-c4ccccc4O)n5-c4ccc(C(C)(C)C)cc4-c4ccccc4)cc([Si](C)(C)c4ccccc4)c3)nc3ccccc32)c(-c2ccccc2)c1. The number of hydrogen-bond acceptors (Lipinski definition) is 3. The molecule has 354 valence electrons. The lowest BCUT2D eigenvalue weighted by atomic mass is 9.85. The Morgan fingerprint density at radius 1 is 0.389 bits per heavy atom. The normalized spacial score (nSPS) is 12.2. The van der Waals surface area contributed by atoms with Gasteiger partial charge in [-0.15, -0.1) is 0 Å². The first-order valence-corrected chi connectivity index (χ1v) is 28.0. The van der Waals surface area contributed by atoms with Crippen LogP contribution in [0.25, 0.3) is 89.6 Å². The monoisotopic (exact) mass is 952 g/mol. The van der Waals surface area contributed by atoms with Gasteiger partial charge in [-0.3, -0.25) is 9.13 Å². The van der Waals surface area contributed by atoms with Gasteiger partial charge in [0.15, 0.2) is 0 Å². The molecule has 2 aromatic heterocycles. The third-order valence-corrected chi connectivity index (χ3v) is 18.0. The van der Waals surface area contributed by atoms with Gasteiger partial charge in [0, 0.05) is 22.3 Å². The molecule has 6 heteroatoms. The van der Waals surface area contributed by atoms with E-state index in [0.717, 1.165) is 78.2 Å². The quantitative estimate of drug-likeness (QED) is 0.147. The van der Waals surface area contributed by atoms with Crippen molar-refractivity contribution >= 4 is 40.5 Å². The summed E-state index contributed by atoms with van der Waals surface area (Å²) in [7, 11) is -2.36. The Morgan fingerprint density at radius 3 is 1.49 bits per heavy atom. The lowest BCUT2D eigenvalue weighted by Gasteiger charge is -2.26. The number of rotatable bonds is 9. The summed E-state index contributed by atoms with van der Waals surface area (Å²) in [6.07, 6.45) is 0. The lowest BCUT2D eigenvalue weighted by Crippen LogP contribution is -2.52. The van der Waals surface area contributed by atoms with Crippen LogP contribution >= 0.6 is 0 Å². The lowest BCUT2D eigenvalue weighted by molar-refractivity contribution is 0.477. The minimum absolute atomic E-state index is 0.0507. The van der Waals surface area contributed by atoms with E-state index in [1.807, 2.05) is 18.2 Å². The molecule has 0 aliphatic heterocycles. The van der Waals surface area contributed by atoms with Crippen molar-refractivity contribution in [3.8, 4) is 73.3 Å². The number of imidazole rings is 2. The number of aromatic hydroxyl groups is 1. The summed E-state index contributed by atoms with van der Waals surface area (Å²) in [4.78, 5) is 11.2. The summed E-state index contributed by atoms with van der Waals surface area (Å²) >= 11 is 0. The molecular formula is C66H60N4OSi. The number of para-hydroxylation sites is 4. The molecule has 0 fully saturated rings. The second kappa shape index (κ2) is 18.0. The number of aromatic nitrogens is 4. The van der Waals surface area contributed by atoms with Crippen molar-refractivity contribution in [3.05, 3.63) is 223 Å². The van der Waals surface area contributed by atoms with Crippen LogP contribution < -0.4 is 10.4 Å². The highest BCUT2D eigenvalue weighted by Gasteiger charge is 2.30. The standard InChI is InChI=1S/C66H60N4OSi/c1-65(2,3)48-35-37-57(54(42-48)44-23-12-9-13-24-44)69-59-32-20-19-31-56(59)67-63(69)47-39-46(40-51(41-47)72(7,8)50-27-16-11-17-28-50)52-30-22-33-60-62(52)68-64(53-29-18-21-34-61(53)71)70(60)58-38-36-49(66(4,5)6)43-55(58)45-25-14-10-15-26-45/h9-43,71H,1-8H3. The van der Waals surface area contributed by atoms with Crippen molar-refractivity contribution in [2.45, 2.75) is 65.5 Å². The van der Waals surface area contributed by atoms with Crippen molar-refractivity contribution in [2.75, 3.05) is 0 Å². The zero-order valence-corrected chi connectivity index (χ0v) is 43.4. The van der Waals surface area contributed by atoms with Crippen molar-refractivity contribution in [1.82, 2.24) is 19.1 Å². The van der Waals surface area contributed by atoms with Crippen molar-refractivity contribution in [2.24, 2.45) is 0 Å². The molecule has 72 heavy (non-hydrogen) atoms. The number of phenolic OH excluding ortho intramolecular Hbond substituents is 1. The van der Waals surface area contributed by atoms with E-state index in [9.17, 15) is 5.11 Å². The van der Waals surface area contributed by atoms with Gasteiger partial charge in [-0.1, -0.05) is 217 Å². The molecule has 11 aromatic rings. The fraction of sp³-hybridized carbons (Fsp3) is 0.152. The molecule has 1 N–H and O–H groups in total. The number of fused-ring (bicyclic) bond motifs is 2. The van der Waals surface area contributed by atoms with E-state index in [1.165, 1.54) is 21.5 Å². The summed E-state index contributed by atoms with van der Waals surface area (Å²) in [6.45, 7) is 18.5. The van der Waals surface area contributed by atoms with Crippen molar-refractivity contribution < 1.29 is 5.11 Å². The molecular weight excluding hydrogens is 893 g/mol. The molecule has 0 atom stereocenters. The highest BCUT2D eigenvalue weighted by atomic mass is 28.3. The molecule has 0 spiro atoms. The first kappa shape index (κ1) is 46.3. The van der Waals surface area contributed by atoms with Gasteiger partial charge in [0.05, 0.1) is 39.0 Å². The van der Waals surface area contributed by atoms with Gasteiger partial charge in [-0.25, -0.2) is 9.97 Å². The minimum Gasteiger partial charge on any atom is -0.507 e. The first-order chi connectivity index (χ1) is 34.6. The van der Waals surface area contributed by atoms with Crippen molar-refractivity contribution in [1.29, 1.82) is 0 Å². The maximum absolute atomic E-state index is 11.6. The van der Waals surface area contributed by atoms with E-state index in [4.69, 9.17) is 9.97 Å². The summed E-state index contributed by atoms with van der Waals surface area (Å²) in [5, 5.41) is 14.3. The molecule has 0 unspecified atom stereocenters. The van der Waals surface area contributed by atoms with Crippen LogP contribution in [-0.4, -0.2) is 32.3 Å². The van der Waals surface area contributed by atoms with Gasteiger partial charge >= 0.3 is 0 Å². The molecule has 0 aliphatic rings. The maximum Gasteiger partial charge on any atom is 0.149 e. The molecule has 0 radical (unpaired) electrons. The van der Waals surface area contributed by atoms with Gasteiger partial charge in [-0.2, -0.15) is 0 Å². The third kappa shape index (κ3) is 8.35. The van der Waals surface area contributed by atoms with E-state index in [1.54, 1.807) is 6.07 Å². The molecule has 0 saturated heterocycles. The molecule has 0 bridgehead atoms. The summed E-state index contributed by atoms with van der Waals surface area (Å²) in [5.74, 6) is 1.71. The second-order valence-electron chi connectivity index (χ2n) is 21.7. The van der Waals surface area contributed by atoms with Crippen LogP contribution in [0.15, 0.2) is 212 Å². The van der Waals surface area contributed by atoms with Crippen LogP contribution in [0.4, 0.5) is 0 Å². The van der Waals surface area contributed by atoms with Gasteiger partial charge in [0.1, 0.15) is 25.5 Å². The summed E-state index contributed by atoms with van der Waals surface area (Å²) < 4.78 is 4.63. The Labute approximate surface area is 424 Å². The fourth-order valence-corrected chi connectivity index (χ4v) is 12.7. The summed E-state index contributed by atoms with van der Waals surface area (Å²) in [6, 6.07) is 75.8. The predicted octanol–water partition coefficient (Wildman–Crippen LogP) is 15.8. The van der Waals surface area contributed by atoms with Crippen LogP contribution in [0.5, 0.6) is 5.75 Å². The highest BCUT2D eigenvalue weighted by Crippen LogP contribution is 2.43.